The number of hydrogen-bond acceptors (Lipinski definition) is 3. The first-order valence-electron chi connectivity index (χ1n) is 8.67. The summed E-state index contributed by atoms with van der Waals surface area (Å²) in [5.41, 5.74) is 1.32. The number of benzene rings is 2. The van der Waals surface area contributed by atoms with Crippen molar-refractivity contribution in [3.63, 3.8) is 0 Å². The number of halogens is 1. The molecule has 26 heavy (non-hydrogen) atoms. The fourth-order valence-electron chi connectivity index (χ4n) is 2.87. The van der Waals surface area contributed by atoms with Gasteiger partial charge in [-0.25, -0.2) is 4.39 Å². The summed E-state index contributed by atoms with van der Waals surface area (Å²) in [6.07, 6.45) is 2.83. The van der Waals surface area contributed by atoms with Crippen LogP contribution in [0.4, 0.5) is 4.39 Å². The monoisotopic (exact) mass is 355 g/mol. The van der Waals surface area contributed by atoms with Gasteiger partial charge in [-0.05, 0) is 35.8 Å². The van der Waals surface area contributed by atoms with Crippen molar-refractivity contribution in [1.82, 2.24) is 5.32 Å². The molecule has 0 unspecified atom stereocenters. The fraction of sp³-hybridized carbons (Fsp3) is 0.286. The van der Waals surface area contributed by atoms with Crippen molar-refractivity contribution in [1.29, 1.82) is 0 Å². The van der Waals surface area contributed by atoms with Crippen molar-refractivity contribution >= 4 is 12.0 Å². The summed E-state index contributed by atoms with van der Waals surface area (Å²) in [4.78, 5) is 12.3. The first kappa shape index (κ1) is 18.0. The van der Waals surface area contributed by atoms with Gasteiger partial charge in [0, 0.05) is 11.6 Å². The molecule has 0 fully saturated rings. The maximum atomic E-state index is 13.6. The lowest BCUT2D eigenvalue weighted by molar-refractivity contribution is -0.117. The Kier molecular flexibility index (Phi) is 5.56. The highest BCUT2D eigenvalue weighted by Crippen LogP contribution is 2.34. The summed E-state index contributed by atoms with van der Waals surface area (Å²) in [5, 5.41) is 2.98. The minimum Gasteiger partial charge on any atom is -0.486 e. The number of ether oxygens (including phenoxy) is 2. The second kappa shape index (κ2) is 8.04. The molecule has 0 spiro atoms. The van der Waals surface area contributed by atoms with E-state index in [0.717, 1.165) is 5.56 Å². The van der Waals surface area contributed by atoms with Crippen LogP contribution >= 0.6 is 0 Å². The predicted molar refractivity (Wildman–Crippen MR) is 98.6 cm³/mol. The number of hydrogen-bond donors (Lipinski definition) is 1. The van der Waals surface area contributed by atoms with Crippen LogP contribution in [0.2, 0.25) is 0 Å². The lowest BCUT2D eigenvalue weighted by Crippen LogP contribution is -2.30. The average molecular weight is 355 g/mol. The Balaban J connectivity index is 1.74. The number of carbonyl (C=O) groups excluding carboxylic acids is 1. The standard InChI is InChI=1S/C21H22FNO3/c1-14(2)21(16-7-9-18-19(13-16)26-12-11-25-18)23-20(24)10-8-15-5-3-4-6-17(15)22/h3-10,13-14,21H,11-12H2,1-2H3,(H,23,24)/b10-8+/t21-/m1/s1. The molecular formula is C21H22FNO3. The van der Waals surface area contributed by atoms with Gasteiger partial charge in [0.05, 0.1) is 6.04 Å². The van der Waals surface area contributed by atoms with Crippen molar-refractivity contribution in [2.24, 2.45) is 5.92 Å². The lowest BCUT2D eigenvalue weighted by Gasteiger charge is -2.25. The van der Waals surface area contributed by atoms with Gasteiger partial charge < -0.3 is 14.8 Å². The van der Waals surface area contributed by atoms with Gasteiger partial charge in [-0.2, -0.15) is 0 Å². The third-order valence-corrected chi connectivity index (χ3v) is 4.21. The van der Waals surface area contributed by atoms with Crippen molar-refractivity contribution in [3.05, 3.63) is 65.5 Å². The van der Waals surface area contributed by atoms with Crippen molar-refractivity contribution in [2.75, 3.05) is 13.2 Å². The number of rotatable bonds is 5. The van der Waals surface area contributed by atoms with E-state index in [2.05, 4.69) is 5.32 Å². The molecule has 1 N–H and O–H groups in total. The van der Waals surface area contributed by atoms with Gasteiger partial charge in [0.1, 0.15) is 19.0 Å². The van der Waals surface area contributed by atoms with Crippen molar-refractivity contribution in [2.45, 2.75) is 19.9 Å². The molecule has 0 aliphatic carbocycles. The van der Waals surface area contributed by atoms with E-state index >= 15 is 0 Å². The third kappa shape index (κ3) is 4.23. The highest BCUT2D eigenvalue weighted by molar-refractivity contribution is 5.92. The Hall–Kier alpha value is -2.82. The SMILES string of the molecule is CC(C)[C@@H](NC(=O)/C=C/c1ccccc1F)c1ccc2c(c1)OCCO2. The molecule has 2 aromatic carbocycles. The summed E-state index contributed by atoms with van der Waals surface area (Å²) >= 11 is 0. The Labute approximate surface area is 152 Å². The maximum absolute atomic E-state index is 13.6. The molecule has 2 aromatic rings. The minimum atomic E-state index is -0.358. The van der Waals surface area contributed by atoms with Crippen LogP contribution in [0.15, 0.2) is 48.5 Å². The van der Waals surface area contributed by atoms with E-state index in [1.807, 2.05) is 32.0 Å². The van der Waals surface area contributed by atoms with E-state index < -0.39 is 0 Å². The second-order valence-corrected chi connectivity index (χ2v) is 6.49. The topological polar surface area (TPSA) is 47.6 Å². The minimum absolute atomic E-state index is 0.170. The van der Waals surface area contributed by atoms with Gasteiger partial charge >= 0.3 is 0 Å². The number of carbonyl (C=O) groups is 1. The molecule has 0 saturated heterocycles. The fourth-order valence-corrected chi connectivity index (χ4v) is 2.87. The Morgan fingerprint density at radius 3 is 2.58 bits per heavy atom. The van der Waals surface area contributed by atoms with Crippen LogP contribution in [-0.2, 0) is 4.79 Å². The van der Waals surface area contributed by atoms with Crippen LogP contribution in [0.1, 0.15) is 31.0 Å². The Morgan fingerprint density at radius 1 is 1.12 bits per heavy atom. The molecule has 136 valence electrons. The molecule has 0 bridgehead atoms. The molecule has 1 aliphatic heterocycles. The van der Waals surface area contributed by atoms with E-state index in [-0.39, 0.29) is 23.7 Å². The summed E-state index contributed by atoms with van der Waals surface area (Å²) in [5.74, 6) is 0.942. The maximum Gasteiger partial charge on any atom is 0.244 e. The van der Waals surface area contributed by atoms with Crippen LogP contribution in [0.5, 0.6) is 11.5 Å². The van der Waals surface area contributed by atoms with Crippen LogP contribution in [-0.4, -0.2) is 19.1 Å². The van der Waals surface area contributed by atoms with E-state index in [4.69, 9.17) is 9.47 Å². The number of amides is 1. The molecule has 4 nitrogen and oxygen atoms in total. The van der Waals surface area contributed by atoms with Crippen LogP contribution in [0, 0.1) is 11.7 Å². The van der Waals surface area contributed by atoms with E-state index in [9.17, 15) is 9.18 Å². The van der Waals surface area contributed by atoms with Gasteiger partial charge in [0.2, 0.25) is 5.91 Å². The molecule has 0 aromatic heterocycles. The smallest absolute Gasteiger partial charge is 0.244 e. The quantitative estimate of drug-likeness (QED) is 0.821. The van der Waals surface area contributed by atoms with Crippen LogP contribution in [0.25, 0.3) is 6.08 Å². The first-order chi connectivity index (χ1) is 12.5. The highest BCUT2D eigenvalue weighted by Gasteiger charge is 2.20. The van der Waals surface area contributed by atoms with Crippen molar-refractivity contribution in [3.8, 4) is 11.5 Å². The average Bonchev–Trinajstić information content (AvgIpc) is 2.65. The van der Waals surface area contributed by atoms with Gasteiger partial charge in [0.15, 0.2) is 11.5 Å². The lowest BCUT2D eigenvalue weighted by atomic mass is 9.95. The Morgan fingerprint density at radius 2 is 1.85 bits per heavy atom. The molecule has 1 heterocycles. The molecule has 0 radical (unpaired) electrons. The van der Waals surface area contributed by atoms with E-state index in [1.54, 1.807) is 18.2 Å². The number of nitrogens with one attached hydrogen (secondary N) is 1. The summed E-state index contributed by atoms with van der Waals surface area (Å²) in [7, 11) is 0. The number of fused-ring (bicyclic) bond motifs is 1. The summed E-state index contributed by atoms with van der Waals surface area (Å²) < 4.78 is 24.8. The predicted octanol–water partition coefficient (Wildman–Crippen LogP) is 4.12. The molecule has 1 atom stereocenters. The van der Waals surface area contributed by atoms with Crippen molar-refractivity contribution < 1.29 is 18.7 Å². The molecule has 5 heteroatoms. The molecule has 1 aliphatic rings. The van der Waals surface area contributed by atoms with Crippen LogP contribution in [0.3, 0.4) is 0 Å². The molecular weight excluding hydrogens is 333 g/mol. The van der Waals surface area contributed by atoms with E-state index in [1.165, 1.54) is 18.2 Å². The van der Waals surface area contributed by atoms with Gasteiger partial charge in [-0.15, -0.1) is 0 Å². The molecule has 1 amide bonds. The van der Waals surface area contributed by atoms with Gasteiger partial charge in [-0.3, -0.25) is 4.79 Å². The normalized spacial score (nSPS) is 14.5. The zero-order valence-corrected chi connectivity index (χ0v) is 14.9. The Bertz CT molecular complexity index is 817. The summed E-state index contributed by atoms with van der Waals surface area (Å²) in [6.45, 7) is 5.11. The second-order valence-electron chi connectivity index (χ2n) is 6.49. The van der Waals surface area contributed by atoms with Gasteiger partial charge in [-0.1, -0.05) is 38.1 Å². The van der Waals surface area contributed by atoms with E-state index in [0.29, 0.717) is 30.3 Å². The summed E-state index contributed by atoms with van der Waals surface area (Å²) in [6, 6.07) is 11.8. The first-order valence-corrected chi connectivity index (χ1v) is 8.67. The molecule has 3 rings (SSSR count). The van der Waals surface area contributed by atoms with Gasteiger partial charge in [0.25, 0.3) is 0 Å². The molecule has 0 saturated carbocycles. The zero-order chi connectivity index (χ0) is 18.5. The largest absolute Gasteiger partial charge is 0.486 e. The zero-order valence-electron chi connectivity index (χ0n) is 14.9. The third-order valence-electron chi connectivity index (χ3n) is 4.21. The highest BCUT2D eigenvalue weighted by atomic mass is 19.1. The van der Waals surface area contributed by atoms with Crippen LogP contribution < -0.4 is 14.8 Å².